The van der Waals surface area contributed by atoms with Crippen molar-refractivity contribution in [1.82, 2.24) is 4.90 Å². The zero-order chi connectivity index (χ0) is 27.8. The lowest BCUT2D eigenvalue weighted by molar-refractivity contribution is -0.160. The topological polar surface area (TPSA) is 106 Å². The number of benzene rings is 1. The summed E-state index contributed by atoms with van der Waals surface area (Å²) in [5.74, 6) is -2.54. The van der Waals surface area contributed by atoms with Crippen molar-refractivity contribution < 1.29 is 33.7 Å². The number of nitrogens with zero attached hydrogens (tertiary/aromatic N) is 2. The fraction of sp³-hybridized carbons (Fsp3) is 0.552. The minimum absolute atomic E-state index is 0.0151. The normalized spacial score (nSPS) is 30.2. The van der Waals surface area contributed by atoms with Gasteiger partial charge in [0.25, 0.3) is 5.91 Å². The van der Waals surface area contributed by atoms with Crippen molar-refractivity contribution in [3.63, 3.8) is 0 Å². The maximum absolute atomic E-state index is 14.5. The van der Waals surface area contributed by atoms with Gasteiger partial charge in [0.1, 0.15) is 29.9 Å². The number of carbonyl (C=O) groups excluding carboxylic acids is 3. The van der Waals surface area contributed by atoms with Crippen molar-refractivity contribution in [1.29, 1.82) is 0 Å². The van der Waals surface area contributed by atoms with Crippen LogP contribution in [-0.2, 0) is 23.9 Å². The van der Waals surface area contributed by atoms with Gasteiger partial charge in [-0.2, -0.15) is 0 Å². The zero-order valence-corrected chi connectivity index (χ0v) is 22.6. The summed E-state index contributed by atoms with van der Waals surface area (Å²) in [5.41, 5.74) is -1.57. The Bertz CT molecular complexity index is 1100. The fourth-order valence-corrected chi connectivity index (χ4v) is 6.57. The molecule has 1 aromatic carbocycles. The Kier molecular flexibility index (Phi) is 7.72. The molecule has 9 nitrogen and oxygen atoms in total. The van der Waals surface area contributed by atoms with Crippen LogP contribution in [0.25, 0.3) is 0 Å². The van der Waals surface area contributed by atoms with Crippen LogP contribution in [0, 0.1) is 17.8 Å². The molecule has 3 saturated heterocycles. The van der Waals surface area contributed by atoms with Gasteiger partial charge in [0.05, 0.1) is 31.3 Å². The number of amides is 2. The van der Waals surface area contributed by atoms with Crippen LogP contribution in [0.15, 0.2) is 49.6 Å². The number of anilines is 1. The zero-order valence-electron chi connectivity index (χ0n) is 22.6. The van der Waals surface area contributed by atoms with Gasteiger partial charge in [0.2, 0.25) is 5.91 Å². The number of methoxy groups -OCH3 is 1. The minimum Gasteiger partial charge on any atom is -0.497 e. The molecule has 2 amide bonds. The Balaban J connectivity index is 1.83. The van der Waals surface area contributed by atoms with E-state index in [4.69, 9.17) is 14.2 Å². The second-order valence-electron chi connectivity index (χ2n) is 10.8. The summed E-state index contributed by atoms with van der Waals surface area (Å²) in [6.07, 6.45) is 4.02. The fourth-order valence-electron chi connectivity index (χ4n) is 6.57. The third-order valence-corrected chi connectivity index (χ3v) is 8.32. The summed E-state index contributed by atoms with van der Waals surface area (Å²) in [7, 11) is 1.56. The van der Waals surface area contributed by atoms with Crippen LogP contribution < -0.4 is 9.64 Å². The minimum atomic E-state index is -1.23. The number of likely N-dealkylation sites (tertiary alicyclic amines) is 1. The molecule has 38 heavy (non-hydrogen) atoms. The number of carbonyl (C=O) groups is 3. The van der Waals surface area contributed by atoms with Crippen LogP contribution in [0.4, 0.5) is 5.69 Å². The molecule has 9 heteroatoms. The largest absolute Gasteiger partial charge is 0.497 e. The van der Waals surface area contributed by atoms with Crippen LogP contribution in [-0.4, -0.2) is 77.9 Å². The first kappa shape index (κ1) is 27.9. The van der Waals surface area contributed by atoms with Gasteiger partial charge in [-0.15, -0.1) is 6.58 Å². The molecule has 0 aromatic heterocycles. The van der Waals surface area contributed by atoms with E-state index < -0.39 is 41.1 Å². The predicted molar refractivity (Wildman–Crippen MR) is 141 cm³/mol. The highest BCUT2D eigenvalue weighted by Crippen LogP contribution is 2.64. The van der Waals surface area contributed by atoms with Crippen molar-refractivity contribution in [2.75, 3.05) is 31.8 Å². The van der Waals surface area contributed by atoms with Crippen molar-refractivity contribution in [2.45, 2.75) is 56.9 Å². The highest BCUT2D eigenvalue weighted by atomic mass is 16.6. The van der Waals surface area contributed by atoms with E-state index in [9.17, 15) is 19.5 Å². The first-order valence-corrected chi connectivity index (χ1v) is 13.1. The van der Waals surface area contributed by atoms with Crippen LogP contribution in [0.2, 0.25) is 0 Å². The van der Waals surface area contributed by atoms with Gasteiger partial charge in [-0.3, -0.25) is 14.4 Å². The highest BCUT2D eigenvalue weighted by molar-refractivity contribution is 6.05. The number of rotatable bonds is 11. The molecule has 3 aliphatic heterocycles. The smallest absolute Gasteiger partial charge is 0.313 e. The maximum Gasteiger partial charge on any atom is 0.313 e. The van der Waals surface area contributed by atoms with E-state index in [0.29, 0.717) is 24.3 Å². The average molecular weight is 527 g/mol. The highest BCUT2D eigenvalue weighted by Gasteiger charge is 2.79. The second kappa shape index (κ2) is 10.5. The molecule has 0 saturated carbocycles. The first-order chi connectivity index (χ1) is 18.1. The van der Waals surface area contributed by atoms with Gasteiger partial charge in [-0.1, -0.05) is 32.6 Å². The van der Waals surface area contributed by atoms with E-state index in [0.717, 1.165) is 0 Å². The Morgan fingerprint density at radius 1 is 1.24 bits per heavy atom. The third kappa shape index (κ3) is 4.22. The molecule has 6 atom stereocenters. The second-order valence-corrected chi connectivity index (χ2v) is 10.8. The lowest BCUT2D eigenvalue weighted by Gasteiger charge is -2.40. The van der Waals surface area contributed by atoms with Gasteiger partial charge in [0, 0.05) is 12.2 Å². The summed E-state index contributed by atoms with van der Waals surface area (Å²) >= 11 is 0. The van der Waals surface area contributed by atoms with Gasteiger partial charge in [0.15, 0.2) is 0 Å². The molecule has 2 unspecified atom stereocenters. The number of aliphatic hydroxyl groups is 1. The van der Waals surface area contributed by atoms with E-state index in [1.54, 1.807) is 42.4 Å². The van der Waals surface area contributed by atoms with Crippen LogP contribution in [0.1, 0.15) is 33.6 Å². The molecular weight excluding hydrogens is 488 g/mol. The Hall–Kier alpha value is -3.17. The molecule has 3 fully saturated rings. The molecule has 2 bridgehead atoms. The first-order valence-electron chi connectivity index (χ1n) is 13.1. The number of hydrogen-bond acceptors (Lipinski definition) is 7. The van der Waals surface area contributed by atoms with Gasteiger partial charge in [-0.25, -0.2) is 0 Å². The summed E-state index contributed by atoms with van der Waals surface area (Å²) in [6.45, 7) is 12.9. The standard InChI is InChI=1S/C29H38N2O7/c1-7-15-30(19-9-11-20(36-6)12-10-19)26(34)24-29-14-13-28(5,38-29)23(27(35)37-16-8-2)22(29)25(33)31(24)21(17-32)18(3)4/h7-12,18,21-24,32H,1-2,13-17H2,3-6H3/t21-,22-,23-,24?,28+,29?/m0/s1. The quantitative estimate of drug-likeness (QED) is 0.349. The molecule has 0 aliphatic carbocycles. The van der Waals surface area contributed by atoms with Crippen molar-refractivity contribution in [2.24, 2.45) is 17.8 Å². The summed E-state index contributed by atoms with van der Waals surface area (Å²) in [6, 6.07) is 5.37. The van der Waals surface area contributed by atoms with E-state index in [-0.39, 0.29) is 37.5 Å². The molecule has 1 aromatic rings. The Labute approximate surface area is 224 Å². The van der Waals surface area contributed by atoms with Crippen LogP contribution in [0.3, 0.4) is 0 Å². The molecule has 3 heterocycles. The third-order valence-electron chi connectivity index (χ3n) is 8.32. The SMILES string of the molecule is C=CCOC(=O)[C@@H]1[C@H]2C(=O)N([C@@H](CO)C(C)C)C(C(=O)N(CC=C)c3ccc(OC)cc3)C23CC[C@@]1(C)O3. The molecular formula is C29H38N2O7. The number of hydrogen-bond donors (Lipinski definition) is 1. The summed E-state index contributed by atoms with van der Waals surface area (Å²) in [5, 5.41) is 10.4. The van der Waals surface area contributed by atoms with Crippen molar-refractivity contribution >= 4 is 23.5 Å². The van der Waals surface area contributed by atoms with Gasteiger partial charge < -0.3 is 29.1 Å². The van der Waals surface area contributed by atoms with Crippen molar-refractivity contribution in [3.05, 3.63) is 49.6 Å². The van der Waals surface area contributed by atoms with E-state index in [2.05, 4.69) is 13.2 Å². The molecule has 4 rings (SSSR count). The molecule has 0 radical (unpaired) electrons. The van der Waals surface area contributed by atoms with Gasteiger partial charge >= 0.3 is 5.97 Å². The lowest BCUT2D eigenvalue weighted by Crippen LogP contribution is -2.60. The molecule has 3 aliphatic rings. The number of esters is 1. The summed E-state index contributed by atoms with van der Waals surface area (Å²) < 4.78 is 17.3. The lowest BCUT2D eigenvalue weighted by atomic mass is 9.66. The van der Waals surface area contributed by atoms with E-state index >= 15 is 0 Å². The molecule has 206 valence electrons. The summed E-state index contributed by atoms with van der Waals surface area (Å²) in [4.78, 5) is 45.1. The molecule has 1 N–H and O–H groups in total. The predicted octanol–water partition coefficient (Wildman–Crippen LogP) is 2.72. The Morgan fingerprint density at radius 3 is 2.47 bits per heavy atom. The molecule has 1 spiro atoms. The van der Waals surface area contributed by atoms with Crippen molar-refractivity contribution in [3.8, 4) is 5.75 Å². The number of fused-ring (bicyclic) bond motifs is 1. The maximum atomic E-state index is 14.5. The van der Waals surface area contributed by atoms with E-state index in [1.165, 1.54) is 11.0 Å². The van der Waals surface area contributed by atoms with Gasteiger partial charge in [-0.05, 0) is 49.9 Å². The average Bonchev–Trinajstić information content (AvgIpc) is 3.47. The Morgan fingerprint density at radius 2 is 1.92 bits per heavy atom. The van der Waals surface area contributed by atoms with Crippen LogP contribution in [0.5, 0.6) is 5.75 Å². The number of aliphatic hydroxyl groups excluding tert-OH is 1. The number of ether oxygens (including phenoxy) is 3. The van der Waals surface area contributed by atoms with E-state index in [1.807, 2.05) is 20.8 Å². The van der Waals surface area contributed by atoms with Crippen LogP contribution >= 0.6 is 0 Å². The monoisotopic (exact) mass is 526 g/mol.